The average molecular weight is 317 g/mol. The van der Waals surface area contributed by atoms with Crippen LogP contribution in [0.5, 0.6) is 0 Å². The van der Waals surface area contributed by atoms with Gasteiger partial charge in [0.2, 0.25) is 0 Å². The SMILES string of the molecule is CCCCn1cc2c(=O)n(-c3ccccc3)nc-2c2ccccc21. The predicted octanol–water partition coefficient (Wildman–Crippen LogP) is 4.09. The molecule has 2 aliphatic rings. The highest BCUT2D eigenvalue weighted by Crippen LogP contribution is 2.28. The third-order valence-corrected chi connectivity index (χ3v) is 4.38. The van der Waals surface area contributed by atoms with E-state index in [-0.39, 0.29) is 5.56 Å². The van der Waals surface area contributed by atoms with E-state index < -0.39 is 0 Å². The molecule has 0 fully saturated rings. The van der Waals surface area contributed by atoms with Crippen molar-refractivity contribution in [3.8, 4) is 16.9 Å². The van der Waals surface area contributed by atoms with Crippen LogP contribution in [0.25, 0.3) is 27.8 Å². The topological polar surface area (TPSA) is 39.8 Å². The molecular formula is C20H19N3O. The lowest BCUT2D eigenvalue weighted by molar-refractivity contribution is 0.647. The van der Waals surface area contributed by atoms with E-state index in [0.717, 1.165) is 41.7 Å². The smallest absolute Gasteiger partial charge is 0.282 e. The maximum atomic E-state index is 12.9. The Kier molecular flexibility index (Phi) is 3.65. The van der Waals surface area contributed by atoms with Gasteiger partial charge in [0.15, 0.2) is 0 Å². The predicted molar refractivity (Wildman–Crippen MR) is 96.9 cm³/mol. The minimum absolute atomic E-state index is 0.0628. The molecule has 2 aliphatic heterocycles. The minimum atomic E-state index is -0.0628. The van der Waals surface area contributed by atoms with Crippen molar-refractivity contribution in [2.24, 2.45) is 0 Å². The number of benzene rings is 2. The van der Waals surface area contributed by atoms with Crippen LogP contribution in [0, 0.1) is 0 Å². The van der Waals surface area contributed by atoms with Gasteiger partial charge in [0.25, 0.3) is 5.56 Å². The fourth-order valence-corrected chi connectivity index (χ4v) is 3.14. The van der Waals surface area contributed by atoms with Crippen LogP contribution in [0.2, 0.25) is 0 Å². The lowest BCUT2D eigenvalue weighted by Gasteiger charge is -2.13. The molecule has 4 heteroatoms. The highest BCUT2D eigenvalue weighted by molar-refractivity contribution is 5.93. The van der Waals surface area contributed by atoms with Crippen molar-refractivity contribution >= 4 is 10.9 Å². The maximum absolute atomic E-state index is 12.9. The molecule has 0 aromatic heterocycles. The van der Waals surface area contributed by atoms with Gasteiger partial charge in [-0.15, -0.1) is 0 Å². The second kappa shape index (κ2) is 5.96. The summed E-state index contributed by atoms with van der Waals surface area (Å²) in [6, 6.07) is 17.7. The molecule has 0 bridgehead atoms. The van der Waals surface area contributed by atoms with Gasteiger partial charge >= 0.3 is 0 Å². The molecule has 0 unspecified atom stereocenters. The molecule has 0 amide bonds. The minimum Gasteiger partial charge on any atom is -0.347 e. The van der Waals surface area contributed by atoms with Crippen molar-refractivity contribution < 1.29 is 0 Å². The lowest BCUT2D eigenvalue weighted by Crippen LogP contribution is -2.15. The van der Waals surface area contributed by atoms with E-state index in [1.54, 1.807) is 0 Å². The average Bonchev–Trinajstić information content (AvgIpc) is 2.97. The van der Waals surface area contributed by atoms with Gasteiger partial charge in [0.05, 0.1) is 16.8 Å². The van der Waals surface area contributed by atoms with Crippen LogP contribution < -0.4 is 5.56 Å². The van der Waals surface area contributed by atoms with Crippen molar-refractivity contribution in [1.82, 2.24) is 14.3 Å². The zero-order valence-electron chi connectivity index (χ0n) is 13.6. The molecule has 4 nitrogen and oxygen atoms in total. The van der Waals surface area contributed by atoms with E-state index in [4.69, 9.17) is 0 Å². The molecule has 0 atom stereocenters. The number of pyridine rings is 1. The Hall–Kier alpha value is -2.88. The van der Waals surface area contributed by atoms with Gasteiger partial charge in [-0.3, -0.25) is 4.79 Å². The lowest BCUT2D eigenvalue weighted by atomic mass is 10.1. The number of aromatic nitrogens is 3. The van der Waals surface area contributed by atoms with Gasteiger partial charge in [-0.1, -0.05) is 49.7 Å². The number of hydrogen-bond acceptors (Lipinski definition) is 2. The van der Waals surface area contributed by atoms with Crippen molar-refractivity contribution in [1.29, 1.82) is 0 Å². The van der Waals surface area contributed by atoms with Crippen LogP contribution in [0.3, 0.4) is 0 Å². The number of fused-ring (bicyclic) bond motifs is 3. The van der Waals surface area contributed by atoms with Crippen molar-refractivity contribution in [3.63, 3.8) is 0 Å². The Morgan fingerprint density at radius 2 is 1.75 bits per heavy atom. The normalized spacial score (nSPS) is 11.4. The van der Waals surface area contributed by atoms with Crippen LogP contribution in [-0.4, -0.2) is 14.3 Å². The van der Waals surface area contributed by atoms with Crippen molar-refractivity contribution in [3.05, 3.63) is 71.1 Å². The van der Waals surface area contributed by atoms with Crippen LogP contribution in [0.1, 0.15) is 19.8 Å². The third-order valence-electron chi connectivity index (χ3n) is 4.38. The first-order valence-corrected chi connectivity index (χ1v) is 8.36. The van der Waals surface area contributed by atoms with Gasteiger partial charge in [0.1, 0.15) is 5.69 Å². The van der Waals surface area contributed by atoms with Gasteiger partial charge < -0.3 is 4.57 Å². The molecule has 120 valence electrons. The highest BCUT2D eigenvalue weighted by atomic mass is 16.1. The second-order valence-corrected chi connectivity index (χ2v) is 6.01. The molecule has 2 heterocycles. The van der Waals surface area contributed by atoms with Gasteiger partial charge in [-0.05, 0) is 24.6 Å². The molecule has 0 spiro atoms. The Balaban J connectivity index is 2.02. The zero-order chi connectivity index (χ0) is 16.5. The van der Waals surface area contributed by atoms with Crippen molar-refractivity contribution in [2.45, 2.75) is 26.3 Å². The first kappa shape index (κ1) is 14.7. The molecule has 0 saturated heterocycles. The third kappa shape index (κ3) is 2.31. The maximum Gasteiger partial charge on any atom is 0.282 e. The van der Waals surface area contributed by atoms with Gasteiger partial charge in [-0.25, -0.2) is 0 Å². The number of rotatable bonds is 4. The Morgan fingerprint density at radius 3 is 2.54 bits per heavy atom. The van der Waals surface area contributed by atoms with E-state index >= 15 is 0 Å². The summed E-state index contributed by atoms with van der Waals surface area (Å²) in [5.74, 6) is 0. The van der Waals surface area contributed by atoms with Crippen molar-refractivity contribution in [2.75, 3.05) is 0 Å². The zero-order valence-corrected chi connectivity index (χ0v) is 13.6. The summed E-state index contributed by atoms with van der Waals surface area (Å²) in [6.45, 7) is 3.08. The molecule has 0 aliphatic carbocycles. The number of aryl methyl sites for hydroxylation is 1. The molecule has 2 aromatic rings. The quantitative estimate of drug-likeness (QED) is 0.569. The van der Waals surface area contributed by atoms with Crippen LogP contribution in [0.15, 0.2) is 65.6 Å². The molecule has 0 radical (unpaired) electrons. The van der Waals surface area contributed by atoms with Crippen LogP contribution in [-0.2, 0) is 6.54 Å². The van der Waals surface area contributed by atoms with E-state index in [0.29, 0.717) is 5.56 Å². The highest BCUT2D eigenvalue weighted by Gasteiger charge is 2.20. The molecule has 0 saturated carbocycles. The van der Waals surface area contributed by atoms with Crippen LogP contribution in [0.4, 0.5) is 0 Å². The summed E-state index contributed by atoms with van der Waals surface area (Å²) < 4.78 is 3.68. The fourth-order valence-electron chi connectivity index (χ4n) is 3.14. The first-order chi connectivity index (χ1) is 11.8. The molecule has 24 heavy (non-hydrogen) atoms. The molecule has 0 N–H and O–H groups in total. The van der Waals surface area contributed by atoms with E-state index in [2.05, 4.69) is 22.7 Å². The first-order valence-electron chi connectivity index (χ1n) is 8.36. The number of nitrogens with zero attached hydrogens (tertiary/aromatic N) is 3. The summed E-state index contributed by atoms with van der Waals surface area (Å²) in [4.78, 5) is 12.9. The van der Waals surface area contributed by atoms with E-state index in [9.17, 15) is 4.79 Å². The Bertz CT molecular complexity index is 1010. The summed E-state index contributed by atoms with van der Waals surface area (Å²) in [5.41, 5.74) is 3.30. The molecular weight excluding hydrogens is 298 g/mol. The van der Waals surface area contributed by atoms with Gasteiger partial charge in [0, 0.05) is 18.1 Å². The number of unbranched alkanes of at least 4 members (excludes halogenated alkanes) is 1. The second-order valence-electron chi connectivity index (χ2n) is 6.01. The van der Waals surface area contributed by atoms with Gasteiger partial charge in [-0.2, -0.15) is 9.78 Å². The molecule has 2 aromatic carbocycles. The fraction of sp³-hybridized carbons (Fsp3) is 0.200. The summed E-state index contributed by atoms with van der Waals surface area (Å²) >= 11 is 0. The van der Waals surface area contributed by atoms with E-state index in [1.807, 2.05) is 54.7 Å². The summed E-state index contributed by atoms with van der Waals surface area (Å²) in [5, 5.41) is 5.65. The number of hydrogen-bond donors (Lipinski definition) is 0. The monoisotopic (exact) mass is 317 g/mol. The Labute approximate surface area is 140 Å². The summed E-state index contributed by atoms with van der Waals surface area (Å²) in [6.07, 6.45) is 4.16. The Morgan fingerprint density at radius 1 is 1.00 bits per heavy atom. The largest absolute Gasteiger partial charge is 0.347 e. The summed E-state index contributed by atoms with van der Waals surface area (Å²) in [7, 11) is 0. The standard InChI is InChI=1S/C20H19N3O/c1-2-3-13-22-14-17-19(16-11-7-8-12-18(16)22)21-23(20(17)24)15-9-5-4-6-10-15/h4-12,14H,2-3,13H2,1H3. The van der Waals surface area contributed by atoms with Crippen LogP contribution >= 0.6 is 0 Å². The molecule has 4 rings (SSSR count). The number of para-hydroxylation sites is 2. The van der Waals surface area contributed by atoms with E-state index in [1.165, 1.54) is 4.68 Å².